The SMILES string of the molecule is Cc1cc2c(c(=O)n1Cc1cccnc1)C(c1ccc(O)c(O)c1)C(C#N)=C(N)O2. The van der Waals surface area contributed by atoms with E-state index in [1.165, 1.54) is 18.2 Å². The van der Waals surface area contributed by atoms with Crippen LogP contribution in [0, 0.1) is 18.3 Å². The maximum absolute atomic E-state index is 13.5. The molecule has 0 saturated heterocycles. The number of rotatable bonds is 3. The molecule has 2 aromatic heterocycles. The number of hydrogen-bond acceptors (Lipinski definition) is 7. The molecule has 8 heteroatoms. The summed E-state index contributed by atoms with van der Waals surface area (Å²) in [6.45, 7) is 2.07. The van der Waals surface area contributed by atoms with Gasteiger partial charge in [-0.2, -0.15) is 5.26 Å². The second kappa shape index (κ2) is 7.29. The second-order valence-electron chi connectivity index (χ2n) is 6.99. The molecular weight excluding hydrogens is 384 g/mol. The predicted molar refractivity (Wildman–Crippen MR) is 108 cm³/mol. The molecule has 1 atom stereocenters. The largest absolute Gasteiger partial charge is 0.504 e. The number of phenolic OH excluding ortho intramolecular Hbond substituents is 2. The van der Waals surface area contributed by atoms with E-state index in [0.29, 0.717) is 17.8 Å². The van der Waals surface area contributed by atoms with Gasteiger partial charge >= 0.3 is 0 Å². The van der Waals surface area contributed by atoms with Crippen LogP contribution in [0.1, 0.15) is 28.3 Å². The van der Waals surface area contributed by atoms with Crippen molar-refractivity contribution in [3.05, 3.63) is 93.0 Å². The standard InChI is InChI=1S/C22H18N4O4/c1-12-7-18-20(22(29)26(12)11-13-3-2-6-25-10-13)19(15(9-23)21(24)30-18)14-4-5-16(27)17(28)8-14/h2-8,10,19,27-28H,11,24H2,1H3. The number of benzene rings is 1. The zero-order chi connectivity index (χ0) is 21.4. The zero-order valence-electron chi connectivity index (χ0n) is 16.0. The first-order valence-electron chi connectivity index (χ1n) is 9.13. The summed E-state index contributed by atoms with van der Waals surface area (Å²) < 4.78 is 7.18. The number of nitriles is 1. The predicted octanol–water partition coefficient (Wildman–Crippen LogP) is 2.23. The number of allylic oxidation sites excluding steroid dienone is 1. The molecule has 150 valence electrons. The Hall–Kier alpha value is -4.25. The van der Waals surface area contributed by atoms with E-state index in [1.807, 2.05) is 12.1 Å². The van der Waals surface area contributed by atoms with Crippen LogP contribution in [-0.2, 0) is 6.54 Å². The van der Waals surface area contributed by atoms with Gasteiger partial charge < -0.3 is 25.3 Å². The third-order valence-corrected chi connectivity index (χ3v) is 5.09. The number of ether oxygens (including phenoxy) is 1. The van der Waals surface area contributed by atoms with Gasteiger partial charge in [-0.05, 0) is 36.2 Å². The summed E-state index contributed by atoms with van der Waals surface area (Å²) in [4.78, 5) is 17.6. The lowest BCUT2D eigenvalue weighted by atomic mass is 9.84. The second-order valence-corrected chi connectivity index (χ2v) is 6.99. The molecule has 3 heterocycles. The minimum Gasteiger partial charge on any atom is -0.504 e. The lowest BCUT2D eigenvalue weighted by Crippen LogP contribution is -2.33. The lowest BCUT2D eigenvalue weighted by molar-refractivity contribution is 0.387. The van der Waals surface area contributed by atoms with Gasteiger partial charge in [0.1, 0.15) is 17.4 Å². The summed E-state index contributed by atoms with van der Waals surface area (Å²) >= 11 is 0. The van der Waals surface area contributed by atoms with Crippen LogP contribution < -0.4 is 16.0 Å². The van der Waals surface area contributed by atoms with E-state index < -0.39 is 5.92 Å². The molecule has 4 rings (SSSR count). The fourth-order valence-electron chi connectivity index (χ4n) is 3.61. The monoisotopic (exact) mass is 402 g/mol. The molecule has 1 aromatic carbocycles. The van der Waals surface area contributed by atoms with Gasteiger partial charge in [0.15, 0.2) is 11.5 Å². The number of phenols is 2. The van der Waals surface area contributed by atoms with Crippen LogP contribution in [0.5, 0.6) is 17.2 Å². The maximum atomic E-state index is 13.5. The van der Waals surface area contributed by atoms with Crippen LogP contribution in [0.15, 0.2) is 65.0 Å². The van der Waals surface area contributed by atoms with E-state index in [-0.39, 0.29) is 39.8 Å². The molecule has 0 saturated carbocycles. The Bertz CT molecular complexity index is 1270. The van der Waals surface area contributed by atoms with Gasteiger partial charge in [0.25, 0.3) is 5.56 Å². The highest BCUT2D eigenvalue weighted by Gasteiger charge is 2.34. The maximum Gasteiger partial charge on any atom is 0.259 e. The minimum atomic E-state index is -0.849. The highest BCUT2D eigenvalue weighted by Crippen LogP contribution is 2.42. The van der Waals surface area contributed by atoms with Crippen LogP contribution in [0.4, 0.5) is 0 Å². The van der Waals surface area contributed by atoms with Gasteiger partial charge in [-0.3, -0.25) is 9.78 Å². The van der Waals surface area contributed by atoms with Crippen LogP contribution in [0.3, 0.4) is 0 Å². The first kappa shape index (κ1) is 19.1. The smallest absolute Gasteiger partial charge is 0.259 e. The van der Waals surface area contributed by atoms with Crippen LogP contribution in [-0.4, -0.2) is 19.8 Å². The van der Waals surface area contributed by atoms with Crippen molar-refractivity contribution >= 4 is 0 Å². The number of fused-ring (bicyclic) bond motifs is 1. The summed E-state index contributed by atoms with van der Waals surface area (Å²) in [6.07, 6.45) is 3.33. The van der Waals surface area contributed by atoms with Crippen molar-refractivity contribution in [2.24, 2.45) is 5.73 Å². The Morgan fingerprint density at radius 3 is 2.73 bits per heavy atom. The van der Waals surface area contributed by atoms with Crippen LogP contribution in [0.25, 0.3) is 0 Å². The van der Waals surface area contributed by atoms with Gasteiger partial charge in [-0.1, -0.05) is 12.1 Å². The summed E-state index contributed by atoms with van der Waals surface area (Å²) in [5.74, 6) is -1.36. The van der Waals surface area contributed by atoms with Crippen molar-refractivity contribution in [2.45, 2.75) is 19.4 Å². The molecule has 0 fully saturated rings. The van der Waals surface area contributed by atoms with E-state index in [4.69, 9.17) is 10.5 Å². The van der Waals surface area contributed by atoms with E-state index in [2.05, 4.69) is 4.98 Å². The zero-order valence-corrected chi connectivity index (χ0v) is 16.0. The molecule has 1 aliphatic rings. The normalized spacial score (nSPS) is 15.3. The molecule has 8 nitrogen and oxygen atoms in total. The van der Waals surface area contributed by atoms with Gasteiger partial charge in [0.05, 0.1) is 18.0 Å². The Kier molecular flexibility index (Phi) is 4.64. The number of aromatic hydroxyl groups is 2. The van der Waals surface area contributed by atoms with Crippen molar-refractivity contribution in [2.75, 3.05) is 0 Å². The molecule has 0 radical (unpaired) electrons. The van der Waals surface area contributed by atoms with Crippen molar-refractivity contribution < 1.29 is 14.9 Å². The van der Waals surface area contributed by atoms with Gasteiger partial charge in [-0.25, -0.2) is 0 Å². The molecule has 0 spiro atoms. The Balaban J connectivity index is 1.94. The molecule has 0 amide bonds. The summed E-state index contributed by atoms with van der Waals surface area (Å²) in [6, 6.07) is 11.5. The number of nitrogens with zero attached hydrogens (tertiary/aromatic N) is 3. The van der Waals surface area contributed by atoms with Gasteiger partial charge in [0.2, 0.25) is 5.88 Å². The van der Waals surface area contributed by atoms with Crippen LogP contribution in [0.2, 0.25) is 0 Å². The number of aryl methyl sites for hydroxylation is 1. The highest BCUT2D eigenvalue weighted by atomic mass is 16.5. The van der Waals surface area contributed by atoms with Crippen molar-refractivity contribution in [1.82, 2.24) is 9.55 Å². The molecule has 1 aliphatic heterocycles. The third kappa shape index (κ3) is 3.12. The van der Waals surface area contributed by atoms with Crippen molar-refractivity contribution in [1.29, 1.82) is 5.26 Å². The average Bonchev–Trinajstić information content (AvgIpc) is 2.73. The Morgan fingerprint density at radius 1 is 1.27 bits per heavy atom. The molecule has 30 heavy (non-hydrogen) atoms. The van der Waals surface area contributed by atoms with E-state index in [9.17, 15) is 20.3 Å². The van der Waals surface area contributed by atoms with Crippen molar-refractivity contribution in [3.63, 3.8) is 0 Å². The number of nitrogens with two attached hydrogens (primary N) is 1. The summed E-state index contributed by atoms with van der Waals surface area (Å²) in [5, 5.41) is 29.3. The Labute approximate surface area is 171 Å². The van der Waals surface area contributed by atoms with E-state index in [1.54, 1.807) is 36.0 Å². The van der Waals surface area contributed by atoms with E-state index >= 15 is 0 Å². The fraction of sp³-hybridized carbons (Fsp3) is 0.136. The number of pyridine rings is 2. The average molecular weight is 402 g/mol. The minimum absolute atomic E-state index is 0.0569. The fourth-order valence-corrected chi connectivity index (χ4v) is 3.61. The summed E-state index contributed by atoms with van der Waals surface area (Å²) in [5.41, 5.74) is 7.85. The number of aromatic nitrogens is 2. The molecule has 1 unspecified atom stereocenters. The molecule has 0 bridgehead atoms. The molecular formula is C22H18N4O4. The molecule has 4 N–H and O–H groups in total. The molecule has 3 aromatic rings. The lowest BCUT2D eigenvalue weighted by Gasteiger charge is -2.27. The Morgan fingerprint density at radius 2 is 2.07 bits per heavy atom. The van der Waals surface area contributed by atoms with Gasteiger partial charge in [0, 0.05) is 24.2 Å². The first-order chi connectivity index (χ1) is 14.4. The van der Waals surface area contributed by atoms with E-state index in [0.717, 1.165) is 5.56 Å². The third-order valence-electron chi connectivity index (χ3n) is 5.09. The first-order valence-corrected chi connectivity index (χ1v) is 9.13. The van der Waals surface area contributed by atoms with Gasteiger partial charge in [-0.15, -0.1) is 0 Å². The molecule has 0 aliphatic carbocycles. The summed E-state index contributed by atoms with van der Waals surface area (Å²) in [7, 11) is 0. The van der Waals surface area contributed by atoms with Crippen LogP contribution >= 0.6 is 0 Å². The van der Waals surface area contributed by atoms with Crippen molar-refractivity contribution in [3.8, 4) is 23.3 Å². The number of hydrogen-bond donors (Lipinski definition) is 3. The quantitative estimate of drug-likeness (QED) is 0.572. The highest BCUT2D eigenvalue weighted by molar-refractivity contribution is 5.57. The topological polar surface area (TPSA) is 134 Å².